The Labute approximate surface area is 116 Å². The molecule has 1 fully saturated rings. The lowest BCUT2D eigenvalue weighted by atomic mass is 9.94. The Morgan fingerprint density at radius 1 is 1.37 bits per heavy atom. The Morgan fingerprint density at radius 2 is 2.05 bits per heavy atom. The summed E-state index contributed by atoms with van der Waals surface area (Å²) in [6.07, 6.45) is 4.80. The zero-order chi connectivity index (χ0) is 13.9. The predicted octanol–water partition coefficient (Wildman–Crippen LogP) is 1.33. The molecule has 1 unspecified atom stereocenters. The average Bonchev–Trinajstić information content (AvgIpc) is 2.36. The molecule has 2 rings (SSSR count). The maximum atomic E-state index is 5.75. The number of nitrogens with zero attached hydrogens (tertiary/aromatic N) is 3. The summed E-state index contributed by atoms with van der Waals surface area (Å²) in [7, 11) is 2.23. The van der Waals surface area contributed by atoms with Gasteiger partial charge in [-0.2, -0.15) is 0 Å². The number of hydrogen-bond donors (Lipinski definition) is 1. The van der Waals surface area contributed by atoms with Crippen molar-refractivity contribution in [2.75, 3.05) is 26.7 Å². The van der Waals surface area contributed by atoms with Gasteiger partial charge in [0.15, 0.2) is 0 Å². The van der Waals surface area contributed by atoms with E-state index in [1.807, 2.05) is 12.4 Å². The molecular formula is C15H26N4. The second kappa shape index (κ2) is 5.99. The Bertz CT molecular complexity index is 390. The fourth-order valence-corrected chi connectivity index (χ4v) is 2.98. The number of rotatable bonds is 4. The molecule has 4 heteroatoms. The maximum absolute atomic E-state index is 5.75. The van der Waals surface area contributed by atoms with E-state index in [2.05, 4.69) is 47.8 Å². The van der Waals surface area contributed by atoms with E-state index in [1.54, 1.807) is 0 Å². The SMILES string of the molecule is CN1C(CCN)CN(Cc2ccncc2)CC1(C)C. The highest BCUT2D eigenvalue weighted by molar-refractivity contribution is 5.10. The fraction of sp³-hybridized carbons (Fsp3) is 0.667. The van der Waals surface area contributed by atoms with E-state index < -0.39 is 0 Å². The van der Waals surface area contributed by atoms with Crippen LogP contribution >= 0.6 is 0 Å². The third kappa shape index (κ3) is 3.53. The van der Waals surface area contributed by atoms with Crippen LogP contribution in [0.4, 0.5) is 0 Å². The number of likely N-dealkylation sites (N-methyl/N-ethyl adjacent to an activating group) is 1. The van der Waals surface area contributed by atoms with Crippen molar-refractivity contribution in [1.82, 2.24) is 14.8 Å². The normalized spacial score (nSPS) is 24.5. The summed E-state index contributed by atoms with van der Waals surface area (Å²) in [4.78, 5) is 9.11. The van der Waals surface area contributed by atoms with Gasteiger partial charge in [-0.1, -0.05) is 0 Å². The van der Waals surface area contributed by atoms with E-state index >= 15 is 0 Å². The van der Waals surface area contributed by atoms with Gasteiger partial charge < -0.3 is 5.73 Å². The molecule has 0 amide bonds. The Morgan fingerprint density at radius 3 is 2.68 bits per heavy atom. The molecule has 106 valence electrons. The highest BCUT2D eigenvalue weighted by Crippen LogP contribution is 2.25. The second-order valence-electron chi connectivity index (χ2n) is 6.18. The van der Waals surface area contributed by atoms with Crippen LogP contribution in [0.15, 0.2) is 24.5 Å². The number of aromatic nitrogens is 1. The molecule has 2 heterocycles. The average molecular weight is 262 g/mol. The van der Waals surface area contributed by atoms with Crippen LogP contribution in [0.5, 0.6) is 0 Å². The molecule has 1 aliphatic heterocycles. The largest absolute Gasteiger partial charge is 0.330 e. The summed E-state index contributed by atoms with van der Waals surface area (Å²) in [5.41, 5.74) is 7.29. The van der Waals surface area contributed by atoms with E-state index in [9.17, 15) is 0 Å². The second-order valence-corrected chi connectivity index (χ2v) is 6.18. The first kappa shape index (κ1) is 14.4. The van der Waals surface area contributed by atoms with Crippen molar-refractivity contribution in [2.45, 2.75) is 38.4 Å². The van der Waals surface area contributed by atoms with Gasteiger partial charge in [-0.25, -0.2) is 0 Å². The van der Waals surface area contributed by atoms with Crippen molar-refractivity contribution in [1.29, 1.82) is 0 Å². The highest BCUT2D eigenvalue weighted by atomic mass is 15.3. The zero-order valence-electron chi connectivity index (χ0n) is 12.3. The molecule has 0 bridgehead atoms. The summed E-state index contributed by atoms with van der Waals surface area (Å²) in [5, 5.41) is 0. The topological polar surface area (TPSA) is 45.4 Å². The summed E-state index contributed by atoms with van der Waals surface area (Å²) in [6, 6.07) is 4.75. The van der Waals surface area contributed by atoms with Gasteiger partial charge in [-0.05, 0) is 51.6 Å². The molecule has 0 radical (unpaired) electrons. The van der Waals surface area contributed by atoms with E-state index in [-0.39, 0.29) is 5.54 Å². The van der Waals surface area contributed by atoms with Gasteiger partial charge in [0.25, 0.3) is 0 Å². The highest BCUT2D eigenvalue weighted by Gasteiger charge is 2.36. The smallest absolute Gasteiger partial charge is 0.0280 e. The third-order valence-electron chi connectivity index (χ3n) is 4.24. The van der Waals surface area contributed by atoms with E-state index in [0.717, 1.165) is 32.6 Å². The lowest BCUT2D eigenvalue weighted by Crippen LogP contribution is -2.62. The standard InChI is InChI=1S/C15H26N4/c1-15(2)12-19(10-13-5-8-17-9-6-13)11-14(4-7-16)18(15)3/h5-6,8-9,14H,4,7,10-12,16H2,1-3H3. The lowest BCUT2D eigenvalue weighted by molar-refractivity contribution is -0.0118. The zero-order valence-corrected chi connectivity index (χ0v) is 12.3. The molecule has 1 atom stereocenters. The minimum atomic E-state index is 0.200. The van der Waals surface area contributed by atoms with Gasteiger partial charge >= 0.3 is 0 Å². The molecule has 0 spiro atoms. The summed E-state index contributed by atoms with van der Waals surface area (Å²) >= 11 is 0. The molecular weight excluding hydrogens is 236 g/mol. The van der Waals surface area contributed by atoms with Gasteiger partial charge in [-0.3, -0.25) is 14.8 Å². The minimum Gasteiger partial charge on any atom is -0.330 e. The Kier molecular flexibility index (Phi) is 4.55. The van der Waals surface area contributed by atoms with Crippen LogP contribution in [0.3, 0.4) is 0 Å². The van der Waals surface area contributed by atoms with Gasteiger partial charge in [0.05, 0.1) is 0 Å². The summed E-state index contributed by atoms with van der Waals surface area (Å²) < 4.78 is 0. The first-order valence-electron chi connectivity index (χ1n) is 7.07. The Balaban J connectivity index is 2.05. The van der Waals surface area contributed by atoms with E-state index in [0.29, 0.717) is 6.04 Å². The molecule has 1 saturated heterocycles. The van der Waals surface area contributed by atoms with E-state index in [4.69, 9.17) is 5.73 Å². The van der Waals surface area contributed by atoms with Gasteiger partial charge in [-0.15, -0.1) is 0 Å². The van der Waals surface area contributed by atoms with Crippen LogP contribution < -0.4 is 5.73 Å². The molecule has 19 heavy (non-hydrogen) atoms. The van der Waals surface area contributed by atoms with Crippen molar-refractivity contribution in [3.05, 3.63) is 30.1 Å². The van der Waals surface area contributed by atoms with Crippen molar-refractivity contribution in [3.8, 4) is 0 Å². The molecule has 0 aromatic carbocycles. The van der Waals surface area contributed by atoms with Crippen LogP contribution in [0.2, 0.25) is 0 Å². The summed E-state index contributed by atoms with van der Waals surface area (Å²) in [6.45, 7) is 8.58. The van der Waals surface area contributed by atoms with Crippen LogP contribution in [-0.4, -0.2) is 53.0 Å². The van der Waals surface area contributed by atoms with Gasteiger partial charge in [0.1, 0.15) is 0 Å². The molecule has 1 aliphatic rings. The van der Waals surface area contributed by atoms with Crippen LogP contribution in [-0.2, 0) is 6.54 Å². The monoisotopic (exact) mass is 262 g/mol. The number of nitrogens with two attached hydrogens (primary N) is 1. The number of pyridine rings is 1. The maximum Gasteiger partial charge on any atom is 0.0280 e. The van der Waals surface area contributed by atoms with Crippen molar-refractivity contribution < 1.29 is 0 Å². The molecule has 1 aromatic rings. The number of hydrogen-bond acceptors (Lipinski definition) is 4. The molecule has 4 nitrogen and oxygen atoms in total. The third-order valence-corrected chi connectivity index (χ3v) is 4.24. The minimum absolute atomic E-state index is 0.200. The van der Waals surface area contributed by atoms with Gasteiger partial charge in [0.2, 0.25) is 0 Å². The van der Waals surface area contributed by atoms with Gasteiger partial charge in [0, 0.05) is 43.6 Å². The van der Waals surface area contributed by atoms with E-state index in [1.165, 1.54) is 5.56 Å². The van der Waals surface area contributed by atoms with Crippen LogP contribution in [0.1, 0.15) is 25.8 Å². The molecule has 2 N–H and O–H groups in total. The summed E-state index contributed by atoms with van der Waals surface area (Å²) in [5.74, 6) is 0. The predicted molar refractivity (Wildman–Crippen MR) is 78.8 cm³/mol. The molecule has 1 aromatic heterocycles. The quantitative estimate of drug-likeness (QED) is 0.889. The van der Waals surface area contributed by atoms with Crippen molar-refractivity contribution in [3.63, 3.8) is 0 Å². The Hall–Kier alpha value is -0.970. The van der Waals surface area contributed by atoms with Crippen LogP contribution in [0.25, 0.3) is 0 Å². The fourth-order valence-electron chi connectivity index (χ4n) is 2.98. The first-order chi connectivity index (χ1) is 9.03. The lowest BCUT2D eigenvalue weighted by Gasteiger charge is -2.50. The van der Waals surface area contributed by atoms with Crippen molar-refractivity contribution in [2.24, 2.45) is 5.73 Å². The number of piperazine rings is 1. The van der Waals surface area contributed by atoms with Crippen LogP contribution in [0, 0.1) is 0 Å². The van der Waals surface area contributed by atoms with Crippen molar-refractivity contribution >= 4 is 0 Å². The molecule has 0 aliphatic carbocycles. The molecule has 0 saturated carbocycles. The first-order valence-corrected chi connectivity index (χ1v) is 7.07.